The highest BCUT2D eigenvalue weighted by molar-refractivity contribution is 9.10. The minimum atomic E-state index is -0.509. The van der Waals surface area contributed by atoms with Gasteiger partial charge in [-0.25, -0.2) is 4.39 Å². The van der Waals surface area contributed by atoms with Gasteiger partial charge in [0, 0.05) is 6.04 Å². The van der Waals surface area contributed by atoms with Crippen molar-refractivity contribution < 1.29 is 9.18 Å². The van der Waals surface area contributed by atoms with Gasteiger partial charge in [-0.3, -0.25) is 4.79 Å². The van der Waals surface area contributed by atoms with Crippen molar-refractivity contribution in [3.05, 3.63) is 34.1 Å². The molecule has 0 heterocycles. The van der Waals surface area contributed by atoms with Crippen molar-refractivity contribution in [2.45, 2.75) is 39.7 Å². The molecule has 0 aromatic heterocycles. The minimum absolute atomic E-state index is 0.0337. The summed E-state index contributed by atoms with van der Waals surface area (Å²) in [5, 5.41) is 2.86. The van der Waals surface area contributed by atoms with Crippen molar-refractivity contribution in [1.29, 1.82) is 0 Å². The lowest BCUT2D eigenvalue weighted by molar-refractivity contribution is 0.0933. The zero-order valence-electron chi connectivity index (χ0n) is 13.0. The maximum Gasteiger partial charge on any atom is 0.254 e. The second-order valence-electron chi connectivity index (χ2n) is 5.14. The van der Waals surface area contributed by atoms with Crippen LogP contribution in [-0.2, 0) is 0 Å². The number of hydrogen-bond acceptors (Lipinski definition) is 2. The van der Waals surface area contributed by atoms with E-state index < -0.39 is 5.82 Å². The quantitative estimate of drug-likeness (QED) is 0.765. The fourth-order valence-corrected chi connectivity index (χ4v) is 2.58. The molecule has 21 heavy (non-hydrogen) atoms. The molecule has 0 aliphatic heterocycles. The summed E-state index contributed by atoms with van der Waals surface area (Å²) in [6, 6.07) is 4.77. The molecule has 0 aliphatic carbocycles. The van der Waals surface area contributed by atoms with E-state index in [1.54, 1.807) is 12.1 Å². The van der Waals surface area contributed by atoms with Crippen molar-refractivity contribution in [1.82, 2.24) is 10.2 Å². The van der Waals surface area contributed by atoms with Gasteiger partial charge in [-0.05, 0) is 67.5 Å². The summed E-state index contributed by atoms with van der Waals surface area (Å²) in [7, 11) is 0. The molecule has 1 N–H and O–H groups in total. The van der Waals surface area contributed by atoms with Crippen LogP contribution in [0.3, 0.4) is 0 Å². The first-order valence-electron chi connectivity index (χ1n) is 7.46. The first-order chi connectivity index (χ1) is 9.99. The molecule has 0 fully saturated rings. The van der Waals surface area contributed by atoms with Crippen molar-refractivity contribution >= 4 is 21.8 Å². The van der Waals surface area contributed by atoms with Crippen LogP contribution in [0, 0.1) is 5.82 Å². The van der Waals surface area contributed by atoms with Crippen LogP contribution in [0.15, 0.2) is 22.7 Å². The Labute approximate surface area is 135 Å². The number of carbonyl (C=O) groups excluding carboxylic acids is 1. The molecule has 0 radical (unpaired) electrons. The van der Waals surface area contributed by atoms with Crippen LogP contribution in [0.2, 0.25) is 0 Å². The first-order valence-corrected chi connectivity index (χ1v) is 8.26. The van der Waals surface area contributed by atoms with E-state index in [-0.39, 0.29) is 17.5 Å². The van der Waals surface area contributed by atoms with Gasteiger partial charge in [0.1, 0.15) is 5.82 Å². The summed E-state index contributed by atoms with van der Waals surface area (Å²) in [6.45, 7) is 9.35. The molecule has 118 valence electrons. The lowest BCUT2D eigenvalue weighted by Gasteiger charge is -2.20. The number of amides is 1. The average molecular weight is 359 g/mol. The molecule has 1 unspecified atom stereocenters. The van der Waals surface area contributed by atoms with E-state index in [0.29, 0.717) is 4.47 Å². The SMILES string of the molecule is CCN(CC)CCCC(C)NC(=O)c1cccc(Br)c1F. The van der Waals surface area contributed by atoms with Crippen LogP contribution in [0.1, 0.15) is 44.0 Å². The van der Waals surface area contributed by atoms with E-state index in [1.165, 1.54) is 6.07 Å². The molecule has 3 nitrogen and oxygen atoms in total. The molecule has 1 aromatic carbocycles. The Morgan fingerprint density at radius 1 is 1.38 bits per heavy atom. The van der Waals surface area contributed by atoms with Crippen LogP contribution >= 0.6 is 15.9 Å². The average Bonchev–Trinajstić information content (AvgIpc) is 2.46. The third kappa shape index (κ3) is 5.75. The highest BCUT2D eigenvalue weighted by Gasteiger charge is 2.15. The third-order valence-corrected chi connectivity index (χ3v) is 4.19. The molecule has 0 saturated carbocycles. The Hall–Kier alpha value is -0.940. The zero-order valence-corrected chi connectivity index (χ0v) is 14.5. The van der Waals surface area contributed by atoms with E-state index in [2.05, 4.69) is 40.0 Å². The predicted octanol–water partition coefficient (Wildman–Crippen LogP) is 3.83. The topological polar surface area (TPSA) is 32.3 Å². The molecule has 1 atom stereocenters. The second kappa shape index (κ2) is 9.15. The fraction of sp³-hybridized carbons (Fsp3) is 0.562. The van der Waals surface area contributed by atoms with E-state index >= 15 is 0 Å². The molecule has 0 spiro atoms. The number of carbonyl (C=O) groups is 1. The lowest BCUT2D eigenvalue weighted by atomic mass is 10.1. The number of halogens is 2. The molecule has 0 aliphatic rings. The van der Waals surface area contributed by atoms with Gasteiger partial charge >= 0.3 is 0 Å². The van der Waals surface area contributed by atoms with Gasteiger partial charge in [-0.2, -0.15) is 0 Å². The highest BCUT2D eigenvalue weighted by Crippen LogP contribution is 2.18. The van der Waals surface area contributed by atoms with Crippen molar-refractivity contribution in [2.24, 2.45) is 0 Å². The zero-order chi connectivity index (χ0) is 15.8. The van der Waals surface area contributed by atoms with Gasteiger partial charge in [0.15, 0.2) is 0 Å². The summed E-state index contributed by atoms with van der Waals surface area (Å²) >= 11 is 3.09. The number of nitrogens with one attached hydrogen (secondary N) is 1. The molecule has 5 heteroatoms. The van der Waals surface area contributed by atoms with Gasteiger partial charge in [0.2, 0.25) is 0 Å². The highest BCUT2D eigenvalue weighted by atomic mass is 79.9. The van der Waals surface area contributed by atoms with Gasteiger partial charge < -0.3 is 10.2 Å². The largest absolute Gasteiger partial charge is 0.349 e. The molecular formula is C16H24BrFN2O. The Morgan fingerprint density at radius 3 is 2.67 bits per heavy atom. The van der Waals surface area contributed by atoms with Crippen LogP contribution in [0.5, 0.6) is 0 Å². The van der Waals surface area contributed by atoms with E-state index in [4.69, 9.17) is 0 Å². The van der Waals surface area contributed by atoms with Crippen LogP contribution in [-0.4, -0.2) is 36.5 Å². The van der Waals surface area contributed by atoms with Gasteiger partial charge in [-0.1, -0.05) is 19.9 Å². The number of benzene rings is 1. The summed E-state index contributed by atoms with van der Waals surface area (Å²) < 4.78 is 14.1. The van der Waals surface area contributed by atoms with Crippen LogP contribution < -0.4 is 5.32 Å². The summed E-state index contributed by atoms with van der Waals surface area (Å²) in [6.07, 6.45) is 1.90. The Kier molecular flexibility index (Phi) is 7.89. The van der Waals surface area contributed by atoms with Crippen molar-refractivity contribution in [3.8, 4) is 0 Å². The molecule has 1 aromatic rings. The van der Waals surface area contributed by atoms with Crippen molar-refractivity contribution in [3.63, 3.8) is 0 Å². The Balaban J connectivity index is 2.45. The normalized spacial score (nSPS) is 12.5. The molecule has 1 amide bonds. The number of nitrogens with zero attached hydrogens (tertiary/aromatic N) is 1. The first kappa shape index (κ1) is 18.1. The third-order valence-electron chi connectivity index (χ3n) is 3.58. The molecular weight excluding hydrogens is 335 g/mol. The predicted molar refractivity (Wildman–Crippen MR) is 88.1 cm³/mol. The van der Waals surface area contributed by atoms with Gasteiger partial charge in [0.05, 0.1) is 10.0 Å². The lowest BCUT2D eigenvalue weighted by Crippen LogP contribution is -2.34. The van der Waals surface area contributed by atoms with E-state index in [1.807, 2.05) is 6.92 Å². The minimum Gasteiger partial charge on any atom is -0.349 e. The number of hydrogen-bond donors (Lipinski definition) is 1. The molecule has 0 saturated heterocycles. The molecule has 1 rings (SSSR count). The summed E-state index contributed by atoms with van der Waals surface area (Å²) in [5.74, 6) is -0.866. The number of rotatable bonds is 8. The Bertz CT molecular complexity index is 464. The second-order valence-corrected chi connectivity index (χ2v) is 6.00. The van der Waals surface area contributed by atoms with Gasteiger partial charge in [0.25, 0.3) is 5.91 Å². The standard InChI is InChI=1S/C16H24BrFN2O/c1-4-20(5-2)11-7-8-12(3)19-16(21)13-9-6-10-14(17)15(13)18/h6,9-10,12H,4-5,7-8,11H2,1-3H3,(H,19,21). The monoisotopic (exact) mass is 358 g/mol. The summed E-state index contributed by atoms with van der Waals surface area (Å²) in [5.41, 5.74) is 0.0833. The van der Waals surface area contributed by atoms with Crippen molar-refractivity contribution in [2.75, 3.05) is 19.6 Å². The van der Waals surface area contributed by atoms with E-state index in [9.17, 15) is 9.18 Å². The van der Waals surface area contributed by atoms with Gasteiger partial charge in [-0.15, -0.1) is 0 Å². The molecule has 0 bridgehead atoms. The maximum absolute atomic E-state index is 13.8. The fourth-order valence-electron chi connectivity index (χ4n) is 2.21. The summed E-state index contributed by atoms with van der Waals surface area (Å²) in [4.78, 5) is 14.4. The van der Waals surface area contributed by atoms with E-state index in [0.717, 1.165) is 32.5 Å². The van der Waals surface area contributed by atoms with Crippen LogP contribution in [0.25, 0.3) is 0 Å². The maximum atomic E-state index is 13.8. The smallest absolute Gasteiger partial charge is 0.254 e. The Morgan fingerprint density at radius 2 is 2.05 bits per heavy atom. The van der Waals surface area contributed by atoms with Crippen LogP contribution in [0.4, 0.5) is 4.39 Å².